The molecule has 2 aromatic rings. The minimum Gasteiger partial charge on any atom is -0.356 e. The number of pyridine rings is 2. The minimum atomic E-state index is -4.24. The fourth-order valence-corrected chi connectivity index (χ4v) is 4.75. The van der Waals surface area contributed by atoms with Crippen molar-refractivity contribution in [1.82, 2.24) is 9.97 Å². The number of anilines is 4. The van der Waals surface area contributed by atoms with Crippen LogP contribution in [0.3, 0.4) is 0 Å². The number of alkyl halides is 3. The molecule has 5 heterocycles. The number of amides is 2. The minimum absolute atomic E-state index is 0.111. The van der Waals surface area contributed by atoms with Crippen LogP contribution in [-0.4, -0.2) is 48.0 Å². The molecule has 0 aliphatic carbocycles. The van der Waals surface area contributed by atoms with Gasteiger partial charge < -0.3 is 9.80 Å². The molecule has 11 heteroatoms. The second kappa shape index (κ2) is 7.79. The van der Waals surface area contributed by atoms with E-state index < -0.39 is 23.9 Å². The molecule has 7 nitrogen and oxygen atoms in total. The summed E-state index contributed by atoms with van der Waals surface area (Å²) in [6, 6.07) is 5.67. The Morgan fingerprint density at radius 1 is 1.09 bits per heavy atom. The molecule has 2 saturated heterocycles. The van der Waals surface area contributed by atoms with Gasteiger partial charge in [-0.15, -0.1) is 0 Å². The van der Waals surface area contributed by atoms with E-state index in [4.69, 9.17) is 0 Å². The van der Waals surface area contributed by atoms with Crippen LogP contribution >= 0.6 is 0 Å². The summed E-state index contributed by atoms with van der Waals surface area (Å²) in [5.41, 5.74) is 0.780. The Hall–Kier alpha value is -3.11. The van der Waals surface area contributed by atoms with Gasteiger partial charge in [0.1, 0.15) is 23.6 Å². The van der Waals surface area contributed by atoms with Crippen LogP contribution in [0.4, 0.5) is 45.5 Å². The van der Waals surface area contributed by atoms with Crippen molar-refractivity contribution in [3.63, 3.8) is 0 Å². The molecular weight excluding hydrogens is 428 g/mol. The Morgan fingerprint density at radius 2 is 1.91 bits per heavy atom. The van der Waals surface area contributed by atoms with Crippen molar-refractivity contribution in [2.45, 2.75) is 38.0 Å². The molecule has 0 spiro atoms. The Labute approximate surface area is 182 Å². The Kier molecular flexibility index (Phi) is 5.06. The van der Waals surface area contributed by atoms with Gasteiger partial charge in [0.2, 0.25) is 0 Å². The van der Waals surface area contributed by atoms with Crippen LogP contribution in [-0.2, 0) is 0 Å². The fourth-order valence-electron chi connectivity index (χ4n) is 4.75. The highest BCUT2D eigenvalue weighted by atomic mass is 19.4. The zero-order valence-corrected chi connectivity index (χ0v) is 17.1. The highest BCUT2D eigenvalue weighted by Gasteiger charge is 2.45. The van der Waals surface area contributed by atoms with Gasteiger partial charge in [0.15, 0.2) is 5.82 Å². The standard InChI is InChI=1S/C21H22F4N6O/c22-14-5-7-16(26-11-14)27-20(32)31-18-4-2-10-30(18)15-6-8-17(28-19(15)31)29-9-1-3-13(12-29)21(23,24)25/h5-8,11,13,18H,1-4,9-10,12H2,(H,26,27,32). The Morgan fingerprint density at radius 3 is 2.66 bits per heavy atom. The Bertz CT molecular complexity index is 1010. The number of carbonyl (C=O) groups excluding carboxylic acids is 1. The van der Waals surface area contributed by atoms with E-state index in [1.54, 1.807) is 11.0 Å². The van der Waals surface area contributed by atoms with Gasteiger partial charge in [-0.05, 0) is 49.9 Å². The monoisotopic (exact) mass is 450 g/mol. The molecule has 0 bridgehead atoms. The van der Waals surface area contributed by atoms with Crippen LogP contribution < -0.4 is 20.0 Å². The summed E-state index contributed by atoms with van der Waals surface area (Å²) >= 11 is 0. The van der Waals surface area contributed by atoms with E-state index >= 15 is 0 Å². The lowest BCUT2D eigenvalue weighted by Crippen LogP contribution is -2.45. The molecule has 170 valence electrons. The third-order valence-corrected chi connectivity index (χ3v) is 6.29. The highest BCUT2D eigenvalue weighted by molar-refractivity contribution is 6.05. The van der Waals surface area contributed by atoms with Gasteiger partial charge in [0.05, 0.1) is 17.8 Å². The quantitative estimate of drug-likeness (QED) is 0.689. The van der Waals surface area contributed by atoms with E-state index in [1.165, 1.54) is 17.0 Å². The maximum Gasteiger partial charge on any atom is 0.393 e. The van der Waals surface area contributed by atoms with Crippen molar-refractivity contribution in [3.05, 3.63) is 36.3 Å². The van der Waals surface area contributed by atoms with Crippen molar-refractivity contribution in [2.75, 3.05) is 39.7 Å². The molecular formula is C21H22F4N6O. The predicted molar refractivity (Wildman–Crippen MR) is 111 cm³/mol. The average Bonchev–Trinajstić information content (AvgIpc) is 3.35. The number of fused-ring (bicyclic) bond motifs is 3. The first-order valence-corrected chi connectivity index (χ1v) is 10.6. The van der Waals surface area contributed by atoms with Gasteiger partial charge in [-0.3, -0.25) is 10.2 Å². The first-order valence-electron chi connectivity index (χ1n) is 10.6. The van der Waals surface area contributed by atoms with Gasteiger partial charge in [-0.1, -0.05) is 0 Å². The number of nitrogens with zero attached hydrogens (tertiary/aromatic N) is 5. The van der Waals surface area contributed by atoms with Crippen LogP contribution in [0.1, 0.15) is 25.7 Å². The number of hydrogen-bond acceptors (Lipinski definition) is 5. The smallest absolute Gasteiger partial charge is 0.356 e. The van der Waals surface area contributed by atoms with E-state index in [0.717, 1.165) is 31.3 Å². The van der Waals surface area contributed by atoms with E-state index in [0.29, 0.717) is 24.6 Å². The predicted octanol–water partition coefficient (Wildman–Crippen LogP) is 4.37. The highest BCUT2D eigenvalue weighted by Crippen LogP contribution is 2.44. The summed E-state index contributed by atoms with van der Waals surface area (Å²) in [5.74, 6) is -0.855. The number of carbonyl (C=O) groups is 1. The third kappa shape index (κ3) is 3.69. The van der Waals surface area contributed by atoms with Crippen molar-refractivity contribution in [2.24, 2.45) is 5.92 Å². The van der Waals surface area contributed by atoms with Gasteiger partial charge in [-0.25, -0.2) is 19.2 Å². The van der Waals surface area contributed by atoms with Crippen molar-refractivity contribution < 1.29 is 22.4 Å². The van der Waals surface area contributed by atoms with Crippen LogP contribution in [0.2, 0.25) is 0 Å². The number of urea groups is 1. The van der Waals surface area contributed by atoms with Gasteiger partial charge in [0.25, 0.3) is 0 Å². The van der Waals surface area contributed by atoms with Crippen LogP contribution in [0.25, 0.3) is 0 Å². The molecule has 5 rings (SSSR count). The number of hydrogen-bond donors (Lipinski definition) is 1. The molecule has 32 heavy (non-hydrogen) atoms. The SMILES string of the molecule is O=C(Nc1ccc(F)cn1)N1c2nc(N3CCCC(C(F)(F)F)C3)ccc2N2CCCC21. The maximum atomic E-state index is 13.3. The molecule has 0 radical (unpaired) electrons. The molecule has 2 fully saturated rings. The zero-order chi connectivity index (χ0) is 22.5. The second-order valence-electron chi connectivity index (χ2n) is 8.32. The Balaban J connectivity index is 1.43. The fraction of sp³-hybridized carbons (Fsp3) is 0.476. The summed E-state index contributed by atoms with van der Waals surface area (Å²) < 4.78 is 52.9. The summed E-state index contributed by atoms with van der Waals surface area (Å²) in [6.07, 6.45) is -1.26. The lowest BCUT2D eigenvalue weighted by atomic mass is 9.97. The van der Waals surface area contributed by atoms with Gasteiger partial charge in [-0.2, -0.15) is 13.2 Å². The molecule has 3 aliphatic rings. The normalized spacial score (nSPS) is 22.7. The van der Waals surface area contributed by atoms with E-state index in [2.05, 4.69) is 20.2 Å². The molecule has 2 atom stereocenters. The largest absolute Gasteiger partial charge is 0.393 e. The number of rotatable bonds is 2. The summed E-state index contributed by atoms with van der Waals surface area (Å²) in [6.45, 7) is 1.10. The molecule has 0 aromatic carbocycles. The lowest BCUT2D eigenvalue weighted by molar-refractivity contribution is -0.176. The average molecular weight is 450 g/mol. The van der Waals surface area contributed by atoms with Crippen LogP contribution in [0.5, 0.6) is 0 Å². The molecule has 2 amide bonds. The number of halogens is 4. The van der Waals surface area contributed by atoms with Gasteiger partial charge in [0, 0.05) is 19.6 Å². The lowest BCUT2D eigenvalue weighted by Gasteiger charge is -2.34. The molecule has 1 N–H and O–H groups in total. The molecule has 2 aromatic heterocycles. The number of piperidine rings is 1. The van der Waals surface area contributed by atoms with Crippen molar-refractivity contribution >= 4 is 29.2 Å². The topological polar surface area (TPSA) is 64.6 Å². The van der Waals surface area contributed by atoms with Crippen LogP contribution in [0.15, 0.2) is 30.5 Å². The van der Waals surface area contributed by atoms with Crippen LogP contribution in [0, 0.1) is 11.7 Å². The zero-order valence-electron chi connectivity index (χ0n) is 17.1. The van der Waals surface area contributed by atoms with E-state index in [-0.39, 0.29) is 24.9 Å². The van der Waals surface area contributed by atoms with Gasteiger partial charge >= 0.3 is 12.2 Å². The third-order valence-electron chi connectivity index (χ3n) is 6.29. The summed E-state index contributed by atoms with van der Waals surface area (Å²) in [4.78, 5) is 26.9. The molecule has 0 saturated carbocycles. The summed E-state index contributed by atoms with van der Waals surface area (Å²) in [7, 11) is 0. The second-order valence-corrected chi connectivity index (χ2v) is 8.32. The van der Waals surface area contributed by atoms with E-state index in [1.807, 2.05) is 6.07 Å². The number of aromatic nitrogens is 2. The number of nitrogens with one attached hydrogen (secondary N) is 1. The molecule has 2 unspecified atom stereocenters. The van der Waals surface area contributed by atoms with Crippen molar-refractivity contribution in [1.29, 1.82) is 0 Å². The van der Waals surface area contributed by atoms with Crippen molar-refractivity contribution in [3.8, 4) is 0 Å². The summed E-state index contributed by atoms with van der Waals surface area (Å²) in [5, 5.41) is 2.67. The maximum absolute atomic E-state index is 13.3. The van der Waals surface area contributed by atoms with E-state index in [9.17, 15) is 22.4 Å². The first kappa shape index (κ1) is 20.8. The first-order chi connectivity index (χ1) is 15.3. The molecule has 3 aliphatic heterocycles.